The minimum Gasteiger partial charge on any atom is -0.334 e. The first-order valence-corrected chi connectivity index (χ1v) is 10.5. The summed E-state index contributed by atoms with van der Waals surface area (Å²) in [6, 6.07) is 9.66. The topological polar surface area (TPSA) is 101 Å². The Balaban J connectivity index is 1.58. The Bertz CT molecular complexity index is 1080. The number of nitro benzene ring substituents is 1. The minimum atomic E-state index is -0.837. The largest absolute Gasteiger partial charge is 0.334 e. The predicted octanol–water partition coefficient (Wildman–Crippen LogP) is 3.69. The van der Waals surface area contributed by atoms with Gasteiger partial charge in [0.15, 0.2) is 0 Å². The van der Waals surface area contributed by atoms with E-state index >= 15 is 0 Å². The van der Waals surface area contributed by atoms with Gasteiger partial charge in [-0.05, 0) is 36.6 Å². The summed E-state index contributed by atoms with van der Waals surface area (Å²) in [5.41, 5.74) is -0.0626. The van der Waals surface area contributed by atoms with Gasteiger partial charge in [-0.1, -0.05) is 37.5 Å². The molecule has 32 heavy (non-hydrogen) atoms. The molecule has 4 rings (SSSR count). The van der Waals surface area contributed by atoms with Gasteiger partial charge >= 0.3 is 0 Å². The summed E-state index contributed by atoms with van der Waals surface area (Å²) in [6.07, 6.45) is 4.63. The molecule has 0 atom stereocenters. The maximum Gasteiger partial charge on any atom is 0.282 e. The SMILES string of the molecule is O=C1c2cccc([N+](=O)[O-])c2C(=O)N1CC(=O)N(Cc1ccc(F)cc1)C1CCCCC1. The van der Waals surface area contributed by atoms with E-state index in [0.717, 1.165) is 48.6 Å². The zero-order chi connectivity index (χ0) is 22.8. The quantitative estimate of drug-likeness (QED) is 0.388. The molecule has 1 saturated carbocycles. The number of hydrogen-bond acceptors (Lipinski definition) is 5. The van der Waals surface area contributed by atoms with Gasteiger partial charge in [-0.2, -0.15) is 0 Å². The van der Waals surface area contributed by atoms with Crippen LogP contribution in [0.5, 0.6) is 0 Å². The first kappa shape index (κ1) is 21.6. The second-order valence-electron chi connectivity index (χ2n) is 8.09. The van der Waals surface area contributed by atoms with Crippen LogP contribution in [0, 0.1) is 15.9 Å². The lowest BCUT2D eigenvalue weighted by molar-refractivity contribution is -0.385. The number of amides is 3. The van der Waals surface area contributed by atoms with E-state index in [1.54, 1.807) is 17.0 Å². The zero-order valence-electron chi connectivity index (χ0n) is 17.3. The van der Waals surface area contributed by atoms with Crippen molar-refractivity contribution in [3.05, 3.63) is 75.1 Å². The van der Waals surface area contributed by atoms with Crippen LogP contribution < -0.4 is 0 Å². The van der Waals surface area contributed by atoms with Crippen molar-refractivity contribution in [3.63, 3.8) is 0 Å². The molecule has 0 saturated heterocycles. The number of hydrogen-bond donors (Lipinski definition) is 0. The third-order valence-electron chi connectivity index (χ3n) is 6.07. The summed E-state index contributed by atoms with van der Waals surface area (Å²) < 4.78 is 13.3. The van der Waals surface area contributed by atoms with Crippen LogP contribution in [0.1, 0.15) is 58.4 Å². The molecule has 0 unspecified atom stereocenters. The lowest BCUT2D eigenvalue weighted by atomic mass is 9.93. The molecule has 9 heteroatoms. The summed E-state index contributed by atoms with van der Waals surface area (Å²) >= 11 is 0. The smallest absolute Gasteiger partial charge is 0.282 e. The fourth-order valence-corrected chi connectivity index (χ4v) is 4.44. The van der Waals surface area contributed by atoms with E-state index < -0.39 is 34.9 Å². The van der Waals surface area contributed by atoms with Gasteiger partial charge in [0.1, 0.15) is 17.9 Å². The van der Waals surface area contributed by atoms with Gasteiger partial charge in [0, 0.05) is 18.7 Å². The number of carbonyl (C=O) groups is 3. The highest BCUT2D eigenvalue weighted by Crippen LogP contribution is 2.31. The molecule has 3 amide bonds. The lowest BCUT2D eigenvalue weighted by Crippen LogP contribution is -2.47. The molecule has 0 bridgehead atoms. The molecule has 2 aromatic carbocycles. The molecule has 1 fully saturated rings. The molecule has 0 aromatic heterocycles. The zero-order valence-corrected chi connectivity index (χ0v) is 17.3. The van der Waals surface area contributed by atoms with Crippen molar-refractivity contribution < 1.29 is 23.7 Å². The number of fused-ring (bicyclic) bond motifs is 1. The van der Waals surface area contributed by atoms with Crippen LogP contribution in [-0.2, 0) is 11.3 Å². The van der Waals surface area contributed by atoms with Gasteiger partial charge in [-0.15, -0.1) is 0 Å². The maximum absolute atomic E-state index is 13.3. The Labute approximate surface area is 183 Å². The number of nitro groups is 1. The second-order valence-corrected chi connectivity index (χ2v) is 8.09. The Morgan fingerprint density at radius 2 is 1.75 bits per heavy atom. The fraction of sp³-hybridized carbons (Fsp3) is 0.348. The Kier molecular flexibility index (Phi) is 5.98. The Hall–Kier alpha value is -3.62. The van der Waals surface area contributed by atoms with E-state index in [0.29, 0.717) is 0 Å². The van der Waals surface area contributed by atoms with Gasteiger partial charge < -0.3 is 4.90 Å². The van der Waals surface area contributed by atoms with Crippen LogP contribution in [0.25, 0.3) is 0 Å². The predicted molar refractivity (Wildman–Crippen MR) is 112 cm³/mol. The van der Waals surface area contributed by atoms with Gasteiger partial charge in [0.25, 0.3) is 17.5 Å². The van der Waals surface area contributed by atoms with E-state index in [1.165, 1.54) is 24.3 Å². The Morgan fingerprint density at radius 1 is 1.06 bits per heavy atom. The van der Waals surface area contributed by atoms with Crippen molar-refractivity contribution in [2.75, 3.05) is 6.54 Å². The standard InChI is InChI=1S/C23H22FN3O5/c24-16-11-9-15(10-12-16)13-25(17-5-2-1-3-6-17)20(28)14-26-22(29)18-7-4-8-19(27(31)32)21(18)23(26)30/h4,7-12,17H,1-3,5-6,13-14H2. The van der Waals surface area contributed by atoms with Crippen molar-refractivity contribution in [1.29, 1.82) is 0 Å². The van der Waals surface area contributed by atoms with Crippen LogP contribution >= 0.6 is 0 Å². The van der Waals surface area contributed by atoms with Gasteiger partial charge in [-0.25, -0.2) is 4.39 Å². The highest BCUT2D eigenvalue weighted by molar-refractivity contribution is 6.24. The summed E-state index contributed by atoms with van der Waals surface area (Å²) in [4.78, 5) is 52.0. The van der Waals surface area contributed by atoms with Crippen LogP contribution in [0.15, 0.2) is 42.5 Å². The maximum atomic E-state index is 13.3. The summed E-state index contributed by atoms with van der Waals surface area (Å²) in [7, 11) is 0. The molecule has 1 aliphatic carbocycles. The summed E-state index contributed by atoms with van der Waals surface area (Å²) in [5.74, 6) is -2.35. The highest BCUT2D eigenvalue weighted by atomic mass is 19.1. The van der Waals surface area contributed by atoms with Crippen LogP contribution in [0.3, 0.4) is 0 Å². The van der Waals surface area contributed by atoms with Crippen molar-refractivity contribution in [3.8, 4) is 0 Å². The summed E-state index contributed by atoms with van der Waals surface area (Å²) in [5, 5.41) is 11.3. The molecule has 0 N–H and O–H groups in total. The number of benzene rings is 2. The van der Waals surface area contributed by atoms with Crippen molar-refractivity contribution in [2.45, 2.75) is 44.7 Å². The van der Waals surface area contributed by atoms with Gasteiger partial charge in [-0.3, -0.25) is 29.4 Å². The summed E-state index contributed by atoms with van der Waals surface area (Å²) in [6.45, 7) is -0.270. The second kappa shape index (κ2) is 8.86. The van der Waals surface area contributed by atoms with E-state index in [2.05, 4.69) is 0 Å². The van der Waals surface area contributed by atoms with E-state index in [4.69, 9.17) is 0 Å². The van der Waals surface area contributed by atoms with Crippen molar-refractivity contribution in [1.82, 2.24) is 9.80 Å². The minimum absolute atomic E-state index is 0.0502. The Morgan fingerprint density at radius 3 is 2.41 bits per heavy atom. The molecule has 2 aromatic rings. The molecule has 0 spiro atoms. The molecular formula is C23H22FN3O5. The highest BCUT2D eigenvalue weighted by Gasteiger charge is 2.42. The van der Waals surface area contributed by atoms with E-state index in [9.17, 15) is 28.9 Å². The first-order chi connectivity index (χ1) is 15.4. The average molecular weight is 439 g/mol. The number of imide groups is 1. The van der Waals surface area contributed by atoms with Crippen molar-refractivity contribution >= 4 is 23.4 Å². The third-order valence-corrected chi connectivity index (χ3v) is 6.07. The van der Waals surface area contributed by atoms with Gasteiger partial charge in [0.05, 0.1) is 10.5 Å². The van der Waals surface area contributed by atoms with Crippen LogP contribution in [-0.4, -0.2) is 45.0 Å². The van der Waals surface area contributed by atoms with E-state index in [-0.39, 0.29) is 29.5 Å². The molecule has 166 valence electrons. The molecule has 8 nitrogen and oxygen atoms in total. The molecule has 1 aliphatic heterocycles. The average Bonchev–Trinajstić information content (AvgIpc) is 3.04. The normalized spacial score (nSPS) is 16.2. The molecular weight excluding hydrogens is 417 g/mol. The fourth-order valence-electron chi connectivity index (χ4n) is 4.44. The van der Waals surface area contributed by atoms with Crippen LogP contribution in [0.2, 0.25) is 0 Å². The lowest BCUT2D eigenvalue weighted by Gasteiger charge is -2.35. The molecule has 2 aliphatic rings. The number of halogens is 1. The van der Waals surface area contributed by atoms with Crippen molar-refractivity contribution in [2.24, 2.45) is 0 Å². The number of rotatable bonds is 6. The monoisotopic (exact) mass is 439 g/mol. The first-order valence-electron chi connectivity index (χ1n) is 10.5. The van der Waals surface area contributed by atoms with Crippen LogP contribution in [0.4, 0.5) is 10.1 Å². The molecule has 1 heterocycles. The number of nitrogens with zero attached hydrogens (tertiary/aromatic N) is 3. The van der Waals surface area contributed by atoms with E-state index in [1.807, 2.05) is 0 Å². The molecule has 0 radical (unpaired) electrons. The third kappa shape index (κ3) is 4.10. The van der Waals surface area contributed by atoms with Gasteiger partial charge in [0.2, 0.25) is 5.91 Å². The number of carbonyl (C=O) groups excluding carboxylic acids is 3.